The fourth-order valence-electron chi connectivity index (χ4n) is 4.90. The lowest BCUT2D eigenvalue weighted by molar-refractivity contribution is -0.134. The molecule has 5 rings (SSSR count). The minimum atomic E-state index is -0.559. The van der Waals surface area contributed by atoms with Gasteiger partial charge >= 0.3 is 0 Å². The summed E-state index contributed by atoms with van der Waals surface area (Å²) in [6.07, 6.45) is 2.17. The van der Waals surface area contributed by atoms with Crippen molar-refractivity contribution in [3.63, 3.8) is 0 Å². The number of halogens is 2. The predicted octanol–water partition coefficient (Wildman–Crippen LogP) is 1.31. The van der Waals surface area contributed by atoms with Crippen molar-refractivity contribution in [1.29, 1.82) is 0 Å². The molecule has 0 aromatic heterocycles. The summed E-state index contributed by atoms with van der Waals surface area (Å²) in [6, 6.07) is 3.99. The molecule has 23 heavy (non-hydrogen) atoms. The first kappa shape index (κ1) is 15.0. The Balaban J connectivity index is 1.74. The summed E-state index contributed by atoms with van der Waals surface area (Å²) in [5.74, 6) is -0.756. The van der Waals surface area contributed by atoms with E-state index in [1.54, 1.807) is 0 Å². The van der Waals surface area contributed by atoms with Gasteiger partial charge in [-0.05, 0) is 49.5 Å². The van der Waals surface area contributed by atoms with Crippen LogP contribution in [0.2, 0.25) is 0 Å². The zero-order valence-corrected chi connectivity index (χ0v) is 12.9. The summed E-state index contributed by atoms with van der Waals surface area (Å²) in [5, 5.41) is 0. The van der Waals surface area contributed by atoms with Crippen LogP contribution in [0.3, 0.4) is 0 Å². The molecule has 124 valence electrons. The second-order valence-electron chi connectivity index (χ2n) is 6.91. The number of hydrogen-bond donors (Lipinski definition) is 1. The largest absolute Gasteiger partial charge is 0.336 e. The van der Waals surface area contributed by atoms with Gasteiger partial charge < -0.3 is 10.6 Å². The molecule has 0 spiro atoms. The van der Waals surface area contributed by atoms with Gasteiger partial charge in [0.15, 0.2) is 0 Å². The fourth-order valence-corrected chi connectivity index (χ4v) is 4.90. The summed E-state index contributed by atoms with van der Waals surface area (Å²) >= 11 is 0. The molecule has 1 aromatic rings. The molecule has 6 heteroatoms. The summed E-state index contributed by atoms with van der Waals surface area (Å²) < 4.78 is 27.3. The Morgan fingerprint density at radius 3 is 2.39 bits per heavy atom. The van der Waals surface area contributed by atoms with Gasteiger partial charge in [0, 0.05) is 24.6 Å². The SMILES string of the molecule is NCC(=O)N1C[C@@H](c2cc(F)cc(F)c2)[C@@H]2[C@H]1C1CCN2CC1. The van der Waals surface area contributed by atoms with Gasteiger partial charge in [-0.15, -0.1) is 0 Å². The molecule has 4 fully saturated rings. The van der Waals surface area contributed by atoms with Crippen LogP contribution < -0.4 is 5.73 Å². The maximum Gasteiger partial charge on any atom is 0.236 e. The molecule has 0 unspecified atom stereocenters. The van der Waals surface area contributed by atoms with Crippen molar-refractivity contribution in [2.45, 2.75) is 30.8 Å². The van der Waals surface area contributed by atoms with Crippen LogP contribution in [0, 0.1) is 17.6 Å². The lowest BCUT2D eigenvalue weighted by Crippen LogP contribution is -2.61. The van der Waals surface area contributed by atoms with Crippen molar-refractivity contribution in [2.24, 2.45) is 11.7 Å². The first-order chi connectivity index (χ1) is 11.1. The van der Waals surface area contributed by atoms with E-state index >= 15 is 0 Å². The van der Waals surface area contributed by atoms with Gasteiger partial charge in [-0.2, -0.15) is 0 Å². The van der Waals surface area contributed by atoms with Crippen LogP contribution in [0.5, 0.6) is 0 Å². The fraction of sp³-hybridized carbons (Fsp3) is 0.588. The van der Waals surface area contributed by atoms with Crippen LogP contribution in [0.25, 0.3) is 0 Å². The summed E-state index contributed by atoms with van der Waals surface area (Å²) in [7, 11) is 0. The highest BCUT2D eigenvalue weighted by Crippen LogP contribution is 2.46. The Morgan fingerprint density at radius 1 is 1.13 bits per heavy atom. The zero-order valence-electron chi connectivity index (χ0n) is 12.9. The number of likely N-dealkylation sites (tertiary alicyclic amines) is 1. The van der Waals surface area contributed by atoms with Crippen molar-refractivity contribution in [2.75, 3.05) is 26.2 Å². The first-order valence-corrected chi connectivity index (χ1v) is 8.28. The molecule has 1 aromatic carbocycles. The minimum Gasteiger partial charge on any atom is -0.336 e. The van der Waals surface area contributed by atoms with Gasteiger partial charge in [0.05, 0.1) is 12.6 Å². The number of fused-ring (bicyclic) bond motifs is 2. The van der Waals surface area contributed by atoms with Crippen LogP contribution in [-0.2, 0) is 4.79 Å². The Kier molecular flexibility index (Phi) is 3.61. The second kappa shape index (κ2) is 5.53. The molecule has 4 aliphatic rings. The van der Waals surface area contributed by atoms with E-state index in [0.717, 1.165) is 32.0 Å². The van der Waals surface area contributed by atoms with E-state index in [1.807, 2.05) is 4.90 Å². The lowest BCUT2D eigenvalue weighted by Gasteiger charge is -2.51. The molecule has 4 saturated heterocycles. The molecular formula is C17H21F2N3O. The summed E-state index contributed by atoms with van der Waals surface area (Å²) in [4.78, 5) is 16.6. The standard InChI is InChI=1S/C17H21F2N3O/c18-12-5-11(6-13(19)7-12)14-9-22(15(23)8-20)16-10-1-3-21(4-2-10)17(14)16/h5-7,10,14,16-17H,1-4,8-9,20H2/t14-,16+,17+/m0/s1. The molecule has 0 aliphatic carbocycles. The summed E-state index contributed by atoms with van der Waals surface area (Å²) in [5.41, 5.74) is 6.23. The third-order valence-electron chi connectivity index (χ3n) is 5.80. The third kappa shape index (κ3) is 2.35. The van der Waals surface area contributed by atoms with E-state index in [-0.39, 0.29) is 30.5 Å². The third-order valence-corrected chi connectivity index (χ3v) is 5.80. The van der Waals surface area contributed by atoms with E-state index in [2.05, 4.69) is 4.90 Å². The van der Waals surface area contributed by atoms with E-state index < -0.39 is 11.6 Å². The zero-order chi connectivity index (χ0) is 16.1. The number of nitrogens with zero attached hydrogens (tertiary/aromatic N) is 2. The number of hydrogen-bond acceptors (Lipinski definition) is 3. The van der Waals surface area contributed by atoms with Gasteiger partial charge in [-0.1, -0.05) is 0 Å². The lowest BCUT2D eigenvalue weighted by atomic mass is 9.75. The number of nitrogens with two attached hydrogens (primary N) is 1. The minimum absolute atomic E-state index is 0.0137. The average molecular weight is 321 g/mol. The summed E-state index contributed by atoms with van der Waals surface area (Å²) in [6.45, 7) is 2.50. The van der Waals surface area contributed by atoms with Gasteiger partial charge in [0.1, 0.15) is 11.6 Å². The molecule has 2 bridgehead atoms. The monoisotopic (exact) mass is 321 g/mol. The molecular weight excluding hydrogens is 300 g/mol. The maximum atomic E-state index is 13.7. The van der Waals surface area contributed by atoms with Crippen LogP contribution >= 0.6 is 0 Å². The quantitative estimate of drug-likeness (QED) is 0.894. The van der Waals surface area contributed by atoms with Crippen LogP contribution in [0.1, 0.15) is 24.3 Å². The highest BCUT2D eigenvalue weighted by molar-refractivity contribution is 5.79. The Labute approximate surface area is 134 Å². The van der Waals surface area contributed by atoms with Crippen molar-refractivity contribution >= 4 is 5.91 Å². The molecule has 1 amide bonds. The number of piperidine rings is 3. The normalized spacial score (nSPS) is 35.4. The highest BCUT2D eigenvalue weighted by Gasteiger charge is 2.54. The van der Waals surface area contributed by atoms with E-state index in [1.165, 1.54) is 12.1 Å². The van der Waals surface area contributed by atoms with E-state index in [4.69, 9.17) is 5.73 Å². The van der Waals surface area contributed by atoms with Crippen LogP contribution in [0.15, 0.2) is 18.2 Å². The van der Waals surface area contributed by atoms with Gasteiger partial charge in [-0.25, -0.2) is 8.78 Å². The number of benzene rings is 1. The van der Waals surface area contributed by atoms with Crippen LogP contribution in [0.4, 0.5) is 8.78 Å². The predicted molar refractivity (Wildman–Crippen MR) is 81.7 cm³/mol. The van der Waals surface area contributed by atoms with Crippen molar-refractivity contribution < 1.29 is 13.6 Å². The number of amides is 1. The topological polar surface area (TPSA) is 49.6 Å². The average Bonchev–Trinajstić information content (AvgIpc) is 2.97. The van der Waals surface area contributed by atoms with E-state index in [0.29, 0.717) is 18.0 Å². The van der Waals surface area contributed by atoms with E-state index in [9.17, 15) is 13.6 Å². The van der Waals surface area contributed by atoms with Gasteiger partial charge in [0.25, 0.3) is 0 Å². The molecule has 4 aliphatic heterocycles. The number of carbonyl (C=O) groups excluding carboxylic acids is 1. The molecule has 0 radical (unpaired) electrons. The second-order valence-corrected chi connectivity index (χ2v) is 6.91. The number of carbonyl (C=O) groups is 1. The Morgan fingerprint density at radius 2 is 1.78 bits per heavy atom. The Bertz CT molecular complexity index is 610. The van der Waals surface area contributed by atoms with Crippen LogP contribution in [-0.4, -0.2) is 54.0 Å². The molecule has 4 heterocycles. The van der Waals surface area contributed by atoms with Crippen molar-refractivity contribution in [3.8, 4) is 0 Å². The smallest absolute Gasteiger partial charge is 0.236 e. The van der Waals surface area contributed by atoms with Crippen molar-refractivity contribution in [3.05, 3.63) is 35.4 Å². The Hall–Kier alpha value is -1.53. The molecule has 4 nitrogen and oxygen atoms in total. The first-order valence-electron chi connectivity index (χ1n) is 8.28. The maximum absolute atomic E-state index is 13.7. The highest BCUT2D eigenvalue weighted by atomic mass is 19.1. The molecule has 0 saturated carbocycles. The van der Waals surface area contributed by atoms with Crippen molar-refractivity contribution in [1.82, 2.24) is 9.80 Å². The van der Waals surface area contributed by atoms with Gasteiger partial charge in [0.2, 0.25) is 5.91 Å². The molecule has 2 N–H and O–H groups in total. The molecule has 3 atom stereocenters. The number of rotatable bonds is 2. The van der Waals surface area contributed by atoms with Gasteiger partial charge in [-0.3, -0.25) is 9.69 Å².